The molecule has 4 nitrogen and oxygen atoms in total. The van der Waals surface area contributed by atoms with Gasteiger partial charge in [0.2, 0.25) is 5.91 Å². The van der Waals surface area contributed by atoms with Gasteiger partial charge in [0, 0.05) is 34.9 Å². The average molecular weight is 474 g/mol. The van der Waals surface area contributed by atoms with E-state index in [1.54, 1.807) is 62.0 Å². The van der Waals surface area contributed by atoms with Gasteiger partial charge in [-0.1, -0.05) is 48.6 Å². The lowest BCUT2D eigenvalue weighted by Crippen LogP contribution is -2.08. The number of carbonyl (C=O) groups is 1. The van der Waals surface area contributed by atoms with Crippen LogP contribution in [-0.2, 0) is 11.0 Å². The molecule has 4 aromatic rings. The first-order valence-corrected chi connectivity index (χ1v) is 10.7. The molecule has 0 spiro atoms. The van der Waals surface area contributed by atoms with Crippen molar-refractivity contribution in [2.45, 2.75) is 6.18 Å². The highest BCUT2D eigenvalue weighted by Gasteiger charge is 2.30. The summed E-state index contributed by atoms with van der Waals surface area (Å²) in [5, 5.41) is 4.62. The number of amides is 1. The molecule has 1 aromatic heterocycles. The van der Waals surface area contributed by atoms with Crippen molar-refractivity contribution in [3.05, 3.63) is 120 Å². The van der Waals surface area contributed by atoms with Crippen molar-refractivity contribution < 1.29 is 22.7 Å². The normalized spacial score (nSPS) is 12.2. The highest BCUT2D eigenvalue weighted by Crippen LogP contribution is 2.32. The first-order chi connectivity index (χ1) is 16.8. The number of allylic oxidation sites excluding steroid dienone is 2. The summed E-state index contributed by atoms with van der Waals surface area (Å²) >= 11 is 0. The molecular formula is C28H21F3N2O2. The lowest BCUT2D eigenvalue weighted by molar-refractivity contribution is -0.137. The van der Waals surface area contributed by atoms with Crippen molar-refractivity contribution >= 4 is 27.9 Å². The highest BCUT2D eigenvalue weighted by molar-refractivity contribution is 6.06. The Bertz CT molecular complexity index is 1390. The zero-order valence-corrected chi connectivity index (χ0v) is 18.7. The zero-order chi connectivity index (χ0) is 24.8. The number of nitrogens with zero attached hydrogens (tertiary/aromatic N) is 1. The molecular weight excluding hydrogens is 453 g/mol. The Hall–Kier alpha value is -4.39. The molecule has 0 aliphatic heterocycles. The van der Waals surface area contributed by atoms with Crippen molar-refractivity contribution in [2.24, 2.45) is 0 Å². The molecule has 0 unspecified atom stereocenters. The van der Waals surface area contributed by atoms with Crippen LogP contribution in [0.5, 0.6) is 5.75 Å². The maximum Gasteiger partial charge on any atom is 0.416 e. The fourth-order valence-electron chi connectivity index (χ4n) is 3.61. The van der Waals surface area contributed by atoms with Crippen LogP contribution in [0.1, 0.15) is 16.7 Å². The number of fused-ring (bicyclic) bond motifs is 1. The lowest BCUT2D eigenvalue weighted by Gasteiger charge is -2.11. The van der Waals surface area contributed by atoms with Crippen LogP contribution in [0, 0.1) is 0 Å². The number of pyridine rings is 1. The minimum atomic E-state index is -4.42. The number of ether oxygens (including phenoxy) is 1. The Labute approximate surface area is 200 Å². The Morgan fingerprint density at radius 3 is 2.29 bits per heavy atom. The minimum absolute atomic E-state index is 0.341. The maximum atomic E-state index is 13.0. The lowest BCUT2D eigenvalue weighted by atomic mass is 9.96. The Morgan fingerprint density at radius 2 is 1.63 bits per heavy atom. The van der Waals surface area contributed by atoms with Gasteiger partial charge in [-0.25, -0.2) is 0 Å². The Morgan fingerprint density at radius 1 is 0.943 bits per heavy atom. The smallest absolute Gasteiger partial charge is 0.416 e. The van der Waals surface area contributed by atoms with Gasteiger partial charge in [-0.15, -0.1) is 0 Å². The van der Waals surface area contributed by atoms with Gasteiger partial charge >= 0.3 is 6.18 Å². The summed E-state index contributed by atoms with van der Waals surface area (Å²) in [6.07, 6.45) is 3.58. The van der Waals surface area contributed by atoms with Crippen LogP contribution < -0.4 is 10.1 Å². The van der Waals surface area contributed by atoms with Crippen LogP contribution in [0.15, 0.2) is 103 Å². The second-order valence-corrected chi connectivity index (χ2v) is 7.63. The first kappa shape index (κ1) is 23.8. The predicted molar refractivity (Wildman–Crippen MR) is 131 cm³/mol. The topological polar surface area (TPSA) is 51.2 Å². The third kappa shape index (κ3) is 5.76. The van der Waals surface area contributed by atoms with E-state index in [0.29, 0.717) is 22.6 Å². The first-order valence-electron chi connectivity index (χ1n) is 10.7. The van der Waals surface area contributed by atoms with E-state index in [2.05, 4.69) is 10.3 Å². The third-order valence-electron chi connectivity index (χ3n) is 5.37. The van der Waals surface area contributed by atoms with Crippen LogP contribution in [0.25, 0.3) is 16.3 Å². The van der Waals surface area contributed by atoms with Crippen LogP contribution >= 0.6 is 0 Å². The molecule has 7 heteroatoms. The summed E-state index contributed by atoms with van der Waals surface area (Å²) in [4.78, 5) is 16.6. The number of hydrogen-bond donors (Lipinski definition) is 1. The number of rotatable bonds is 6. The van der Waals surface area contributed by atoms with E-state index in [1.165, 1.54) is 18.2 Å². The SMILES string of the molecule is COc1ccc(/C(=C\C=C\C(=O)Nc2cccc3cnccc23)c2ccc(C(F)(F)F)cc2)cc1. The molecule has 0 bridgehead atoms. The molecule has 0 aliphatic rings. The van der Waals surface area contributed by atoms with Gasteiger partial charge < -0.3 is 10.1 Å². The molecule has 4 rings (SSSR count). The van der Waals surface area contributed by atoms with E-state index in [1.807, 2.05) is 18.2 Å². The van der Waals surface area contributed by atoms with Crippen LogP contribution in [0.2, 0.25) is 0 Å². The van der Waals surface area contributed by atoms with Crippen LogP contribution in [-0.4, -0.2) is 18.0 Å². The predicted octanol–water partition coefficient (Wildman–Crippen LogP) is 6.89. The van der Waals surface area contributed by atoms with Gasteiger partial charge in [0.25, 0.3) is 0 Å². The second-order valence-electron chi connectivity index (χ2n) is 7.63. The van der Waals surface area contributed by atoms with E-state index < -0.39 is 11.7 Å². The highest BCUT2D eigenvalue weighted by atomic mass is 19.4. The minimum Gasteiger partial charge on any atom is -0.497 e. The Balaban J connectivity index is 1.61. The van der Waals surface area contributed by atoms with E-state index in [9.17, 15) is 18.0 Å². The summed E-state index contributed by atoms with van der Waals surface area (Å²) in [6.45, 7) is 0. The summed E-state index contributed by atoms with van der Waals surface area (Å²) in [7, 11) is 1.55. The molecule has 0 saturated carbocycles. The summed E-state index contributed by atoms with van der Waals surface area (Å²) in [6, 6.07) is 19.4. The van der Waals surface area contributed by atoms with Crippen molar-refractivity contribution in [3.63, 3.8) is 0 Å². The van der Waals surface area contributed by atoms with Gasteiger partial charge in [-0.05, 0) is 53.1 Å². The fraction of sp³-hybridized carbons (Fsp3) is 0.0714. The summed E-state index contributed by atoms with van der Waals surface area (Å²) < 4.78 is 44.2. The number of nitrogens with one attached hydrogen (secondary N) is 1. The zero-order valence-electron chi connectivity index (χ0n) is 18.7. The third-order valence-corrected chi connectivity index (χ3v) is 5.37. The fourth-order valence-corrected chi connectivity index (χ4v) is 3.61. The number of carbonyl (C=O) groups excluding carboxylic acids is 1. The molecule has 0 fully saturated rings. The van der Waals surface area contributed by atoms with Gasteiger partial charge in [0.1, 0.15) is 5.75 Å². The van der Waals surface area contributed by atoms with Gasteiger partial charge in [0.15, 0.2) is 0 Å². The Kier molecular flexibility index (Phi) is 6.96. The van der Waals surface area contributed by atoms with E-state index in [0.717, 1.165) is 28.5 Å². The van der Waals surface area contributed by atoms with Gasteiger partial charge in [0.05, 0.1) is 12.7 Å². The maximum absolute atomic E-state index is 13.0. The van der Waals surface area contributed by atoms with Crippen LogP contribution in [0.4, 0.5) is 18.9 Å². The van der Waals surface area contributed by atoms with Crippen LogP contribution in [0.3, 0.4) is 0 Å². The molecule has 3 aromatic carbocycles. The average Bonchev–Trinajstić information content (AvgIpc) is 2.87. The molecule has 0 radical (unpaired) electrons. The monoisotopic (exact) mass is 474 g/mol. The van der Waals surface area contributed by atoms with Gasteiger partial charge in [-0.2, -0.15) is 13.2 Å². The van der Waals surface area contributed by atoms with Crippen molar-refractivity contribution in [2.75, 3.05) is 12.4 Å². The molecule has 1 N–H and O–H groups in total. The molecule has 176 valence electrons. The van der Waals surface area contributed by atoms with Crippen molar-refractivity contribution in [3.8, 4) is 5.75 Å². The molecule has 35 heavy (non-hydrogen) atoms. The van der Waals surface area contributed by atoms with Gasteiger partial charge in [-0.3, -0.25) is 9.78 Å². The number of alkyl halides is 3. The molecule has 0 aliphatic carbocycles. The second kappa shape index (κ2) is 10.3. The van der Waals surface area contributed by atoms with E-state index >= 15 is 0 Å². The molecule has 0 atom stereocenters. The number of halogens is 3. The summed E-state index contributed by atoms with van der Waals surface area (Å²) in [5.74, 6) is 0.313. The number of aromatic nitrogens is 1. The summed E-state index contributed by atoms with van der Waals surface area (Å²) in [5.41, 5.74) is 1.92. The number of anilines is 1. The molecule has 1 heterocycles. The number of benzene rings is 3. The molecule has 0 saturated heterocycles. The number of methoxy groups -OCH3 is 1. The van der Waals surface area contributed by atoms with E-state index in [-0.39, 0.29) is 5.91 Å². The van der Waals surface area contributed by atoms with Crippen molar-refractivity contribution in [1.82, 2.24) is 4.98 Å². The van der Waals surface area contributed by atoms with Crippen molar-refractivity contribution in [1.29, 1.82) is 0 Å². The standard InChI is InChI=1S/C28H21F3N2O2/c1-35-23-14-10-20(11-15-23)24(19-8-12-22(13-9-19)28(29,30)31)5-3-7-27(34)33-26-6-2-4-21-18-32-17-16-25(21)26/h2-18H,1H3,(H,33,34)/b7-3+,24-5-. The largest absolute Gasteiger partial charge is 0.497 e. The van der Waals surface area contributed by atoms with E-state index in [4.69, 9.17) is 4.74 Å². The quantitative estimate of drug-likeness (QED) is 0.245. The molecule has 1 amide bonds. The number of hydrogen-bond acceptors (Lipinski definition) is 3.